The first-order valence-corrected chi connectivity index (χ1v) is 14.8. The number of aromatic nitrogens is 5. The highest BCUT2D eigenvalue weighted by atomic mass is 19.1. The maximum absolute atomic E-state index is 13.5. The molecule has 0 saturated carbocycles. The van der Waals surface area contributed by atoms with E-state index in [0.717, 1.165) is 6.07 Å². The minimum atomic E-state index is -0.701. The number of carbonyl (C=O) groups is 1. The van der Waals surface area contributed by atoms with Crippen LogP contribution in [0.15, 0.2) is 80.4 Å². The van der Waals surface area contributed by atoms with Crippen molar-refractivity contribution in [1.29, 1.82) is 0 Å². The zero-order valence-electron chi connectivity index (χ0n) is 25.2. The van der Waals surface area contributed by atoms with E-state index < -0.39 is 17.5 Å². The summed E-state index contributed by atoms with van der Waals surface area (Å²) in [5, 5.41) is 0. The summed E-state index contributed by atoms with van der Waals surface area (Å²) < 4.78 is 22.9. The molecule has 0 spiro atoms. The Morgan fingerprint density at radius 1 is 0.978 bits per heavy atom. The third-order valence-electron chi connectivity index (χ3n) is 7.51. The van der Waals surface area contributed by atoms with Gasteiger partial charge >= 0.3 is 5.69 Å². The zero-order valence-corrected chi connectivity index (χ0v) is 25.2. The van der Waals surface area contributed by atoms with E-state index >= 15 is 0 Å². The summed E-state index contributed by atoms with van der Waals surface area (Å²) in [5.74, 6) is -0.418. The van der Waals surface area contributed by atoms with Crippen molar-refractivity contribution in [3.8, 4) is 0 Å². The Balaban J connectivity index is 1.42. The van der Waals surface area contributed by atoms with Gasteiger partial charge in [0, 0.05) is 76.5 Å². The molecule has 0 aliphatic carbocycles. The first-order chi connectivity index (χ1) is 21.8. The smallest absolute Gasteiger partial charge is 0.332 e. The van der Waals surface area contributed by atoms with Crippen LogP contribution in [0.4, 0.5) is 16.0 Å². The van der Waals surface area contributed by atoms with Crippen molar-refractivity contribution in [2.75, 3.05) is 25.2 Å². The van der Waals surface area contributed by atoms with Crippen LogP contribution in [0.3, 0.4) is 0 Å². The van der Waals surface area contributed by atoms with E-state index in [2.05, 4.69) is 9.97 Å². The molecule has 12 nitrogen and oxygen atoms in total. The highest BCUT2D eigenvalue weighted by molar-refractivity contribution is 6.07. The second-order valence-electron chi connectivity index (χ2n) is 10.6. The highest BCUT2D eigenvalue weighted by Gasteiger charge is 2.26. The Morgan fingerprint density at radius 3 is 2.51 bits per heavy atom. The molecule has 0 saturated heterocycles. The van der Waals surface area contributed by atoms with Crippen LogP contribution in [0.25, 0.3) is 0 Å². The number of nitrogens with zero attached hydrogens (tertiary/aromatic N) is 7. The van der Waals surface area contributed by atoms with Gasteiger partial charge in [0.05, 0.1) is 16.8 Å². The van der Waals surface area contributed by atoms with Gasteiger partial charge in [-0.05, 0) is 49.6 Å². The number of fused-ring (bicyclic) bond motifs is 1. The fraction of sp³-hybridized carbons (Fsp3) is 0.344. The lowest BCUT2D eigenvalue weighted by molar-refractivity contribution is 0.0985. The van der Waals surface area contributed by atoms with Gasteiger partial charge in [0.2, 0.25) is 11.5 Å². The number of carbonyl (C=O) groups excluding carboxylic acids is 1. The topological polar surface area (TPSA) is 134 Å². The van der Waals surface area contributed by atoms with Crippen molar-refractivity contribution < 1.29 is 13.9 Å². The average Bonchev–Trinajstić information content (AvgIpc) is 3.50. The summed E-state index contributed by atoms with van der Waals surface area (Å²) in [6.45, 7) is 3.65. The van der Waals surface area contributed by atoms with E-state index in [9.17, 15) is 23.6 Å². The Kier molecular flexibility index (Phi) is 9.88. The van der Waals surface area contributed by atoms with Crippen molar-refractivity contribution in [3.63, 3.8) is 0 Å². The number of anilines is 1. The summed E-state index contributed by atoms with van der Waals surface area (Å²) in [6, 6.07) is 10.8. The van der Waals surface area contributed by atoms with Crippen LogP contribution in [0.5, 0.6) is 0 Å². The second kappa shape index (κ2) is 14.2. The fourth-order valence-corrected chi connectivity index (χ4v) is 5.26. The van der Waals surface area contributed by atoms with E-state index in [-0.39, 0.29) is 36.2 Å². The summed E-state index contributed by atoms with van der Waals surface area (Å²) >= 11 is 0. The number of hydrogen-bond acceptors (Lipinski definition) is 8. The maximum atomic E-state index is 13.5. The monoisotopic (exact) mass is 615 g/mol. The van der Waals surface area contributed by atoms with Gasteiger partial charge in [-0.1, -0.05) is 13.0 Å². The minimum Gasteiger partial charge on any atom is -0.385 e. The number of ether oxygens (including phenoxy) is 1. The third-order valence-corrected chi connectivity index (χ3v) is 7.51. The molecular weight excluding hydrogens is 581 g/mol. The SMILES string of the molecule is CCCn1c2c(c(=O)n(CCCOC)c1=O)CC(c1ccc(N(CCCn3ccccc3=O)C(=O)c3ccc(F)nc3)nc1)=N2. The van der Waals surface area contributed by atoms with Gasteiger partial charge < -0.3 is 9.30 Å². The van der Waals surface area contributed by atoms with Gasteiger partial charge in [0.15, 0.2) is 0 Å². The van der Waals surface area contributed by atoms with Crippen LogP contribution >= 0.6 is 0 Å². The molecule has 0 atom stereocenters. The largest absolute Gasteiger partial charge is 0.385 e. The molecule has 13 heteroatoms. The number of aliphatic imine (C=N–C) groups is 1. The molecule has 5 rings (SSSR count). The van der Waals surface area contributed by atoms with Crippen LogP contribution in [0, 0.1) is 5.95 Å². The van der Waals surface area contributed by atoms with Gasteiger partial charge in [-0.3, -0.25) is 28.4 Å². The fourth-order valence-electron chi connectivity index (χ4n) is 5.26. The minimum absolute atomic E-state index is 0.148. The maximum Gasteiger partial charge on any atom is 0.332 e. The van der Waals surface area contributed by atoms with E-state index in [1.165, 1.54) is 27.8 Å². The molecular formula is C32H34FN7O5. The predicted molar refractivity (Wildman–Crippen MR) is 167 cm³/mol. The Morgan fingerprint density at radius 2 is 1.82 bits per heavy atom. The van der Waals surface area contributed by atoms with Crippen LogP contribution in [0.1, 0.15) is 47.7 Å². The third kappa shape index (κ3) is 6.88. The summed E-state index contributed by atoms with van der Waals surface area (Å²) in [6.07, 6.45) is 6.32. The van der Waals surface area contributed by atoms with Crippen molar-refractivity contribution in [3.05, 3.63) is 115 Å². The van der Waals surface area contributed by atoms with Gasteiger partial charge in [-0.15, -0.1) is 0 Å². The number of amides is 1. The lowest BCUT2D eigenvalue weighted by Crippen LogP contribution is -2.41. The lowest BCUT2D eigenvalue weighted by atomic mass is 10.1. The molecule has 0 radical (unpaired) electrons. The van der Waals surface area contributed by atoms with Gasteiger partial charge in [-0.25, -0.2) is 19.8 Å². The number of rotatable bonds is 13. The quantitative estimate of drug-likeness (QED) is 0.167. The van der Waals surface area contributed by atoms with E-state index in [1.807, 2.05) is 6.92 Å². The van der Waals surface area contributed by atoms with Crippen molar-refractivity contribution in [2.24, 2.45) is 4.99 Å². The zero-order chi connectivity index (χ0) is 31.9. The van der Waals surface area contributed by atoms with Crippen molar-refractivity contribution in [1.82, 2.24) is 23.7 Å². The molecule has 0 N–H and O–H groups in total. The van der Waals surface area contributed by atoms with Crippen LogP contribution in [-0.4, -0.2) is 55.5 Å². The van der Waals surface area contributed by atoms with Crippen molar-refractivity contribution in [2.45, 2.75) is 52.2 Å². The Labute approximate surface area is 258 Å². The number of halogens is 1. The Bertz CT molecular complexity index is 1880. The summed E-state index contributed by atoms with van der Waals surface area (Å²) in [4.78, 5) is 66.5. The van der Waals surface area contributed by atoms with Gasteiger partial charge in [-0.2, -0.15) is 4.39 Å². The number of pyridine rings is 3. The standard InChI is InChI=1S/C32H34FN7O5/c1-3-13-39-29-24(31(43)40(32(39)44)17-7-18-45-2)19-25(36-29)22-10-12-27(35-20-22)38(30(42)23-9-11-26(33)34-21-23)16-6-15-37-14-5-4-8-28(37)41/h4-5,8-12,14,20-21H,3,6-7,13,15-19H2,1-2H3. The van der Waals surface area contributed by atoms with E-state index in [1.54, 1.807) is 52.9 Å². The molecule has 0 unspecified atom stereocenters. The van der Waals surface area contributed by atoms with E-state index in [4.69, 9.17) is 9.73 Å². The van der Waals surface area contributed by atoms with Crippen LogP contribution < -0.4 is 21.7 Å². The average molecular weight is 616 g/mol. The molecule has 5 heterocycles. The Hall–Kier alpha value is -5.04. The molecule has 1 amide bonds. The molecule has 4 aromatic rings. The van der Waals surface area contributed by atoms with Crippen molar-refractivity contribution >= 4 is 23.3 Å². The summed E-state index contributed by atoms with van der Waals surface area (Å²) in [5.41, 5.74) is 0.972. The molecule has 45 heavy (non-hydrogen) atoms. The highest BCUT2D eigenvalue weighted by Crippen LogP contribution is 2.26. The molecule has 1 aliphatic rings. The second-order valence-corrected chi connectivity index (χ2v) is 10.6. The van der Waals surface area contributed by atoms with Crippen LogP contribution in [-0.2, 0) is 30.8 Å². The molecule has 0 bridgehead atoms. The normalized spacial score (nSPS) is 12.2. The van der Waals surface area contributed by atoms with Gasteiger partial charge in [0.25, 0.3) is 11.5 Å². The first kappa shape index (κ1) is 31.4. The summed E-state index contributed by atoms with van der Waals surface area (Å²) in [7, 11) is 1.57. The van der Waals surface area contributed by atoms with Gasteiger partial charge in [0.1, 0.15) is 11.6 Å². The molecule has 0 aromatic carbocycles. The first-order valence-electron chi connectivity index (χ1n) is 14.8. The molecule has 234 valence electrons. The number of methoxy groups -OCH3 is 1. The lowest BCUT2D eigenvalue weighted by Gasteiger charge is -2.22. The number of aryl methyl sites for hydroxylation is 1. The number of hydrogen-bond donors (Lipinski definition) is 0. The van der Waals surface area contributed by atoms with Crippen LogP contribution in [0.2, 0.25) is 0 Å². The van der Waals surface area contributed by atoms with E-state index in [0.29, 0.717) is 67.4 Å². The molecule has 4 aromatic heterocycles. The predicted octanol–water partition coefficient (Wildman–Crippen LogP) is 2.96. The molecule has 0 fully saturated rings. The molecule has 1 aliphatic heterocycles.